The maximum Gasteiger partial charge on any atom is 0.337 e. The molecule has 130 valence electrons. The molecule has 3 rings (SSSR count). The molecule has 2 aromatic carbocycles. The number of carboxylic acids is 1. The van der Waals surface area contributed by atoms with E-state index >= 15 is 0 Å². The summed E-state index contributed by atoms with van der Waals surface area (Å²) < 4.78 is 0. The Morgan fingerprint density at radius 2 is 1.69 bits per heavy atom. The number of amides is 3. The molecule has 3 aromatic rings. The summed E-state index contributed by atoms with van der Waals surface area (Å²) in [6.45, 7) is 0. The van der Waals surface area contributed by atoms with Crippen LogP contribution >= 0.6 is 11.6 Å². The Morgan fingerprint density at radius 1 is 0.962 bits per heavy atom. The van der Waals surface area contributed by atoms with Crippen LogP contribution in [0.2, 0.25) is 5.02 Å². The zero-order chi connectivity index (χ0) is 18.7. The van der Waals surface area contributed by atoms with Crippen LogP contribution in [0.15, 0.2) is 48.8 Å². The number of hydrogen-bond acceptors (Lipinski definition) is 5. The van der Waals surface area contributed by atoms with Crippen molar-refractivity contribution < 1.29 is 19.5 Å². The van der Waals surface area contributed by atoms with Crippen molar-refractivity contribution in [3.05, 3.63) is 64.9 Å². The lowest BCUT2D eigenvalue weighted by molar-refractivity contribution is 0.0697. The number of aromatic nitrogens is 2. The zero-order valence-electron chi connectivity index (χ0n) is 13.1. The molecule has 0 aliphatic rings. The van der Waals surface area contributed by atoms with Gasteiger partial charge in [0.05, 0.1) is 22.3 Å². The number of benzene rings is 2. The number of hydrogen-bond donors (Lipinski definition) is 3. The van der Waals surface area contributed by atoms with Gasteiger partial charge >= 0.3 is 12.0 Å². The second kappa shape index (κ2) is 7.16. The van der Waals surface area contributed by atoms with Crippen molar-refractivity contribution in [1.29, 1.82) is 0 Å². The van der Waals surface area contributed by atoms with Gasteiger partial charge in [-0.3, -0.25) is 20.1 Å². The third kappa shape index (κ3) is 3.76. The van der Waals surface area contributed by atoms with Crippen LogP contribution in [0, 0.1) is 0 Å². The Kier molecular flexibility index (Phi) is 4.76. The summed E-state index contributed by atoms with van der Waals surface area (Å²) in [6, 6.07) is 7.69. The van der Waals surface area contributed by atoms with Crippen molar-refractivity contribution in [1.82, 2.24) is 15.3 Å². The topological polar surface area (TPSA) is 121 Å². The van der Waals surface area contributed by atoms with E-state index in [0.29, 0.717) is 11.0 Å². The second-order valence-electron chi connectivity index (χ2n) is 5.16. The molecule has 0 aliphatic heterocycles. The molecule has 8 nitrogen and oxygen atoms in total. The van der Waals surface area contributed by atoms with Crippen LogP contribution in [0.5, 0.6) is 0 Å². The van der Waals surface area contributed by atoms with Crippen molar-refractivity contribution >= 4 is 46.2 Å². The third-order valence-corrected chi connectivity index (χ3v) is 3.65. The molecule has 0 spiro atoms. The quantitative estimate of drug-likeness (QED) is 0.651. The molecule has 0 saturated carbocycles. The summed E-state index contributed by atoms with van der Waals surface area (Å²) in [4.78, 5) is 43.6. The van der Waals surface area contributed by atoms with Gasteiger partial charge in [-0.05, 0) is 36.4 Å². The average Bonchev–Trinajstić information content (AvgIpc) is 2.62. The van der Waals surface area contributed by atoms with E-state index in [2.05, 4.69) is 20.6 Å². The number of urea groups is 1. The van der Waals surface area contributed by atoms with Crippen LogP contribution < -0.4 is 10.6 Å². The van der Waals surface area contributed by atoms with E-state index in [9.17, 15) is 14.4 Å². The van der Waals surface area contributed by atoms with Crippen LogP contribution in [0.3, 0.4) is 0 Å². The van der Waals surface area contributed by atoms with Gasteiger partial charge in [-0.15, -0.1) is 0 Å². The average molecular weight is 371 g/mol. The number of carboxylic acid groups (broad SMARTS) is 1. The van der Waals surface area contributed by atoms with Crippen molar-refractivity contribution in [2.24, 2.45) is 0 Å². The lowest BCUT2D eigenvalue weighted by Gasteiger charge is -2.10. The van der Waals surface area contributed by atoms with Gasteiger partial charge in [-0.2, -0.15) is 0 Å². The van der Waals surface area contributed by atoms with Gasteiger partial charge in [0.2, 0.25) is 0 Å². The Morgan fingerprint density at radius 3 is 2.42 bits per heavy atom. The zero-order valence-corrected chi connectivity index (χ0v) is 13.8. The van der Waals surface area contributed by atoms with Crippen LogP contribution in [0.25, 0.3) is 11.0 Å². The molecule has 3 N–H and O–H groups in total. The molecule has 0 saturated heterocycles. The van der Waals surface area contributed by atoms with Gasteiger partial charge in [0.15, 0.2) is 0 Å². The predicted molar refractivity (Wildman–Crippen MR) is 94.4 cm³/mol. The molecule has 26 heavy (non-hydrogen) atoms. The number of nitrogens with one attached hydrogen (secondary N) is 2. The van der Waals surface area contributed by atoms with Crippen LogP contribution in [-0.2, 0) is 0 Å². The maximum absolute atomic E-state index is 12.2. The van der Waals surface area contributed by atoms with E-state index < -0.39 is 17.9 Å². The summed E-state index contributed by atoms with van der Waals surface area (Å²) in [5.74, 6) is -1.93. The molecule has 9 heteroatoms. The van der Waals surface area contributed by atoms with Gasteiger partial charge in [0.25, 0.3) is 5.91 Å². The molecule has 0 radical (unpaired) electrons. The fourth-order valence-corrected chi connectivity index (χ4v) is 2.41. The lowest BCUT2D eigenvalue weighted by Crippen LogP contribution is -2.34. The molecular weight excluding hydrogens is 360 g/mol. The molecule has 0 atom stereocenters. The van der Waals surface area contributed by atoms with Gasteiger partial charge in [0, 0.05) is 23.0 Å². The highest BCUT2D eigenvalue weighted by Crippen LogP contribution is 2.20. The Balaban J connectivity index is 1.75. The summed E-state index contributed by atoms with van der Waals surface area (Å²) in [5.41, 5.74) is 1.15. The highest BCUT2D eigenvalue weighted by molar-refractivity contribution is 6.31. The van der Waals surface area contributed by atoms with Crippen molar-refractivity contribution in [2.45, 2.75) is 0 Å². The fraction of sp³-hybridized carbons (Fsp3) is 0. The van der Waals surface area contributed by atoms with Gasteiger partial charge in [-0.1, -0.05) is 11.6 Å². The van der Waals surface area contributed by atoms with Crippen LogP contribution in [0.4, 0.5) is 10.5 Å². The molecule has 0 aliphatic carbocycles. The van der Waals surface area contributed by atoms with Crippen molar-refractivity contribution in [3.8, 4) is 0 Å². The number of halogens is 1. The minimum absolute atomic E-state index is 0.0107. The van der Waals surface area contributed by atoms with E-state index in [0.717, 1.165) is 0 Å². The number of imide groups is 1. The van der Waals surface area contributed by atoms with Gasteiger partial charge in [0.1, 0.15) is 0 Å². The number of rotatable bonds is 3. The normalized spacial score (nSPS) is 10.3. The molecular formula is C17H11ClN4O4. The first-order valence-corrected chi connectivity index (χ1v) is 7.68. The van der Waals surface area contributed by atoms with Crippen molar-refractivity contribution in [3.63, 3.8) is 0 Å². The van der Waals surface area contributed by atoms with E-state index in [4.69, 9.17) is 16.7 Å². The minimum Gasteiger partial charge on any atom is -0.478 e. The van der Waals surface area contributed by atoms with E-state index in [-0.39, 0.29) is 21.8 Å². The summed E-state index contributed by atoms with van der Waals surface area (Å²) >= 11 is 5.75. The molecule has 0 unspecified atom stereocenters. The molecule has 0 bridgehead atoms. The summed E-state index contributed by atoms with van der Waals surface area (Å²) in [6.07, 6.45) is 3.02. The smallest absolute Gasteiger partial charge is 0.337 e. The second-order valence-corrected chi connectivity index (χ2v) is 5.60. The SMILES string of the molecule is O=C(NC(=O)c1ccc2nccnc2c1)Nc1ccc(Cl)cc1C(=O)O. The Bertz CT molecular complexity index is 1040. The maximum atomic E-state index is 12.2. The van der Waals surface area contributed by atoms with Crippen LogP contribution in [0.1, 0.15) is 20.7 Å². The third-order valence-electron chi connectivity index (χ3n) is 3.42. The van der Waals surface area contributed by atoms with Gasteiger partial charge in [-0.25, -0.2) is 9.59 Å². The number of fused-ring (bicyclic) bond motifs is 1. The van der Waals surface area contributed by atoms with E-state index in [1.807, 2.05) is 0 Å². The summed E-state index contributed by atoms with van der Waals surface area (Å²) in [5, 5.41) is 13.8. The Hall–Kier alpha value is -3.52. The monoisotopic (exact) mass is 370 g/mol. The first kappa shape index (κ1) is 17.3. The first-order valence-electron chi connectivity index (χ1n) is 7.30. The number of nitrogens with zero attached hydrogens (tertiary/aromatic N) is 2. The number of carbonyl (C=O) groups excluding carboxylic acids is 2. The van der Waals surface area contributed by atoms with Crippen molar-refractivity contribution in [2.75, 3.05) is 5.32 Å². The lowest BCUT2D eigenvalue weighted by atomic mass is 10.1. The largest absolute Gasteiger partial charge is 0.478 e. The summed E-state index contributed by atoms with van der Waals surface area (Å²) in [7, 11) is 0. The van der Waals surface area contributed by atoms with E-state index in [1.54, 1.807) is 6.07 Å². The first-order chi connectivity index (χ1) is 12.4. The highest BCUT2D eigenvalue weighted by atomic mass is 35.5. The predicted octanol–water partition coefficient (Wildman–Crippen LogP) is 2.94. The Labute approximate surface area is 151 Å². The fourth-order valence-electron chi connectivity index (χ4n) is 2.24. The standard InChI is InChI=1S/C17H11ClN4O4/c18-10-2-4-12(11(8-10)16(24)25)21-17(26)22-15(23)9-1-3-13-14(7-9)20-6-5-19-13/h1-8H,(H,24,25)(H2,21,22,23,26). The number of aromatic carboxylic acids is 1. The highest BCUT2D eigenvalue weighted by Gasteiger charge is 2.16. The van der Waals surface area contributed by atoms with Gasteiger partial charge < -0.3 is 10.4 Å². The van der Waals surface area contributed by atoms with Crippen LogP contribution in [-0.4, -0.2) is 33.0 Å². The molecule has 1 aromatic heterocycles. The number of carbonyl (C=O) groups is 3. The molecule has 0 fully saturated rings. The number of anilines is 1. The molecule has 3 amide bonds. The minimum atomic E-state index is -1.26. The molecule has 1 heterocycles. The van der Waals surface area contributed by atoms with E-state index in [1.165, 1.54) is 42.7 Å².